The van der Waals surface area contributed by atoms with Crippen LogP contribution in [0.1, 0.15) is 15.9 Å². The maximum Gasteiger partial charge on any atom is 0.343 e. The number of carbonyl (C=O) groups excluding carboxylic acids is 2. The monoisotopic (exact) mass is 393 g/mol. The predicted octanol–water partition coefficient (Wildman–Crippen LogP) is 1.67. The predicted molar refractivity (Wildman–Crippen MR) is 96.3 cm³/mol. The summed E-state index contributed by atoms with van der Waals surface area (Å²) in [5.41, 5.74) is 0.911. The lowest BCUT2D eigenvalue weighted by molar-refractivity contribution is -0.142. The minimum Gasteiger partial charge on any atom is -0.493 e. The summed E-state index contributed by atoms with van der Waals surface area (Å²) in [7, 11) is -1.43. The summed E-state index contributed by atoms with van der Waals surface area (Å²) in [5.74, 6) is -1.09. The Labute approximate surface area is 157 Å². The molecule has 2 aromatic rings. The largest absolute Gasteiger partial charge is 0.493 e. The highest BCUT2D eigenvalue weighted by Gasteiger charge is 2.20. The molecule has 0 aromatic heterocycles. The molecule has 0 aliphatic carbocycles. The fourth-order valence-electron chi connectivity index (χ4n) is 2.08. The Hall–Kier alpha value is -3.07. The number of carbonyl (C=O) groups is 2. The van der Waals surface area contributed by atoms with Gasteiger partial charge in [0.05, 0.1) is 19.1 Å². The van der Waals surface area contributed by atoms with E-state index in [0.717, 1.165) is 5.56 Å². The average molecular weight is 393 g/mol. The van der Waals surface area contributed by atoms with E-state index in [1.165, 1.54) is 44.6 Å². The molecule has 0 bridgehead atoms. The van der Waals surface area contributed by atoms with Crippen molar-refractivity contribution in [2.45, 2.75) is 11.8 Å². The van der Waals surface area contributed by atoms with Crippen molar-refractivity contribution in [1.29, 1.82) is 0 Å². The van der Waals surface area contributed by atoms with E-state index in [-0.39, 0.29) is 28.6 Å². The normalized spacial score (nSPS) is 10.8. The molecule has 0 spiro atoms. The third kappa shape index (κ3) is 5.20. The number of amides is 1. The Kier molecular flexibility index (Phi) is 6.40. The van der Waals surface area contributed by atoms with Crippen LogP contribution in [0.5, 0.6) is 11.5 Å². The summed E-state index contributed by atoms with van der Waals surface area (Å²) in [6.07, 6.45) is 0. The van der Waals surface area contributed by atoms with Crippen LogP contribution in [-0.2, 0) is 19.6 Å². The van der Waals surface area contributed by atoms with Gasteiger partial charge in [-0.15, -0.1) is 0 Å². The number of ether oxygens (including phenoxy) is 3. The van der Waals surface area contributed by atoms with E-state index in [1.54, 1.807) is 12.1 Å². The number of benzene rings is 2. The van der Waals surface area contributed by atoms with Crippen molar-refractivity contribution in [1.82, 2.24) is 4.72 Å². The molecule has 2 rings (SSSR count). The maximum absolute atomic E-state index is 12.4. The third-order valence-corrected chi connectivity index (χ3v) is 4.90. The van der Waals surface area contributed by atoms with E-state index in [4.69, 9.17) is 9.47 Å². The van der Waals surface area contributed by atoms with Gasteiger partial charge in [-0.05, 0) is 37.3 Å². The molecule has 27 heavy (non-hydrogen) atoms. The molecule has 0 heterocycles. The van der Waals surface area contributed by atoms with E-state index < -0.39 is 21.9 Å². The molecule has 0 unspecified atom stereocenters. The number of hydrogen-bond acceptors (Lipinski definition) is 7. The molecule has 2 aromatic carbocycles. The maximum atomic E-state index is 12.4. The van der Waals surface area contributed by atoms with Gasteiger partial charge in [-0.2, -0.15) is 0 Å². The SMILES string of the molecule is COC(=O)COc1cc(C(=O)NS(=O)(=O)c2ccc(C)cc2)ccc1OC. The molecule has 0 aliphatic heterocycles. The van der Waals surface area contributed by atoms with Crippen molar-refractivity contribution in [3.63, 3.8) is 0 Å². The zero-order chi connectivity index (χ0) is 20.0. The van der Waals surface area contributed by atoms with Gasteiger partial charge in [0, 0.05) is 5.56 Å². The van der Waals surface area contributed by atoms with Gasteiger partial charge in [0.1, 0.15) is 0 Å². The molecular formula is C18H19NO7S. The van der Waals surface area contributed by atoms with Gasteiger partial charge in [-0.25, -0.2) is 17.9 Å². The molecular weight excluding hydrogens is 374 g/mol. The van der Waals surface area contributed by atoms with E-state index in [2.05, 4.69) is 4.74 Å². The summed E-state index contributed by atoms with van der Waals surface area (Å²) in [6.45, 7) is 1.43. The number of hydrogen-bond donors (Lipinski definition) is 1. The van der Waals surface area contributed by atoms with Gasteiger partial charge < -0.3 is 14.2 Å². The van der Waals surface area contributed by atoms with Gasteiger partial charge in [0.2, 0.25) is 0 Å². The van der Waals surface area contributed by atoms with Crippen LogP contribution >= 0.6 is 0 Å². The first-order chi connectivity index (χ1) is 12.8. The fourth-order valence-corrected chi connectivity index (χ4v) is 3.06. The first-order valence-corrected chi connectivity index (χ1v) is 9.26. The lowest BCUT2D eigenvalue weighted by atomic mass is 10.2. The van der Waals surface area contributed by atoms with Crippen molar-refractivity contribution in [3.8, 4) is 11.5 Å². The molecule has 1 N–H and O–H groups in total. The van der Waals surface area contributed by atoms with E-state index in [0.29, 0.717) is 0 Å². The number of nitrogens with one attached hydrogen (secondary N) is 1. The van der Waals surface area contributed by atoms with E-state index in [9.17, 15) is 18.0 Å². The van der Waals surface area contributed by atoms with Crippen LogP contribution in [-0.4, -0.2) is 41.1 Å². The quantitative estimate of drug-likeness (QED) is 0.713. The molecule has 144 valence electrons. The fraction of sp³-hybridized carbons (Fsp3) is 0.222. The average Bonchev–Trinajstić information content (AvgIpc) is 2.65. The second kappa shape index (κ2) is 8.54. The van der Waals surface area contributed by atoms with Gasteiger partial charge in [-0.3, -0.25) is 4.79 Å². The number of aryl methyl sites for hydroxylation is 1. The number of methoxy groups -OCH3 is 2. The van der Waals surface area contributed by atoms with E-state index in [1.807, 2.05) is 11.6 Å². The number of esters is 1. The molecule has 0 atom stereocenters. The summed E-state index contributed by atoms with van der Waals surface area (Å²) < 4.78 is 41.5. The Bertz CT molecular complexity index is 937. The van der Waals surface area contributed by atoms with Crippen LogP contribution < -0.4 is 14.2 Å². The second-order valence-electron chi connectivity index (χ2n) is 5.48. The van der Waals surface area contributed by atoms with Crippen LogP contribution in [0.3, 0.4) is 0 Å². The van der Waals surface area contributed by atoms with Crippen molar-refractivity contribution in [2.75, 3.05) is 20.8 Å². The first kappa shape index (κ1) is 20.2. The molecule has 8 nitrogen and oxygen atoms in total. The van der Waals surface area contributed by atoms with Gasteiger partial charge >= 0.3 is 5.97 Å². The van der Waals surface area contributed by atoms with Crippen LogP contribution in [0.15, 0.2) is 47.4 Å². The van der Waals surface area contributed by atoms with Crippen LogP contribution in [0.2, 0.25) is 0 Å². The topological polar surface area (TPSA) is 108 Å². The van der Waals surface area contributed by atoms with Crippen molar-refractivity contribution < 1.29 is 32.2 Å². The minimum atomic E-state index is -4.03. The Morgan fingerprint density at radius 3 is 2.26 bits per heavy atom. The lowest BCUT2D eigenvalue weighted by Crippen LogP contribution is -2.30. The molecule has 0 saturated heterocycles. The second-order valence-corrected chi connectivity index (χ2v) is 7.16. The first-order valence-electron chi connectivity index (χ1n) is 7.78. The standard InChI is InChI=1S/C18H19NO7S/c1-12-4-7-14(8-5-12)27(22,23)19-18(21)13-6-9-15(24-2)16(10-13)26-11-17(20)25-3/h4-10H,11H2,1-3H3,(H,19,21). The Morgan fingerprint density at radius 2 is 1.67 bits per heavy atom. The Balaban J connectivity index is 2.22. The smallest absolute Gasteiger partial charge is 0.343 e. The van der Waals surface area contributed by atoms with Gasteiger partial charge in [-0.1, -0.05) is 17.7 Å². The molecule has 0 saturated carbocycles. The van der Waals surface area contributed by atoms with Crippen LogP contribution in [0.4, 0.5) is 0 Å². The highest BCUT2D eigenvalue weighted by Crippen LogP contribution is 2.28. The molecule has 1 amide bonds. The van der Waals surface area contributed by atoms with E-state index >= 15 is 0 Å². The van der Waals surface area contributed by atoms with Crippen LogP contribution in [0, 0.1) is 6.92 Å². The molecule has 0 aliphatic rings. The van der Waals surface area contributed by atoms with Crippen molar-refractivity contribution in [2.24, 2.45) is 0 Å². The number of rotatable bonds is 7. The number of sulfonamides is 1. The summed E-state index contributed by atoms with van der Waals surface area (Å²) >= 11 is 0. The summed E-state index contributed by atoms with van der Waals surface area (Å²) in [4.78, 5) is 23.6. The van der Waals surface area contributed by atoms with Gasteiger partial charge in [0.15, 0.2) is 18.1 Å². The summed E-state index contributed by atoms with van der Waals surface area (Å²) in [5, 5.41) is 0. The zero-order valence-corrected chi connectivity index (χ0v) is 15.8. The van der Waals surface area contributed by atoms with Gasteiger partial charge in [0.25, 0.3) is 15.9 Å². The van der Waals surface area contributed by atoms with Crippen molar-refractivity contribution >= 4 is 21.9 Å². The highest BCUT2D eigenvalue weighted by atomic mass is 32.2. The highest BCUT2D eigenvalue weighted by molar-refractivity contribution is 7.90. The van der Waals surface area contributed by atoms with Crippen molar-refractivity contribution in [3.05, 3.63) is 53.6 Å². The third-order valence-electron chi connectivity index (χ3n) is 3.56. The summed E-state index contributed by atoms with van der Waals surface area (Å²) in [6, 6.07) is 10.2. The molecule has 9 heteroatoms. The molecule has 0 radical (unpaired) electrons. The zero-order valence-electron chi connectivity index (χ0n) is 15.0. The molecule has 0 fully saturated rings. The Morgan fingerprint density at radius 1 is 1.00 bits per heavy atom. The lowest BCUT2D eigenvalue weighted by Gasteiger charge is -2.12. The minimum absolute atomic E-state index is 0.0198. The van der Waals surface area contributed by atoms with Crippen LogP contribution in [0.25, 0.3) is 0 Å².